The van der Waals surface area contributed by atoms with Crippen LogP contribution in [0.3, 0.4) is 0 Å². The lowest BCUT2D eigenvalue weighted by molar-refractivity contribution is -0.137. The number of hydrogen-bond acceptors (Lipinski definition) is 4. The summed E-state index contributed by atoms with van der Waals surface area (Å²) in [5.74, 6) is 1.35. The largest absolute Gasteiger partial charge is 0.376 e. The van der Waals surface area contributed by atoms with Gasteiger partial charge in [0.2, 0.25) is 5.91 Å². The number of hydrogen-bond donors (Lipinski definition) is 0. The maximum absolute atomic E-state index is 12.8. The van der Waals surface area contributed by atoms with Gasteiger partial charge in [-0.05, 0) is 26.2 Å². The molecule has 0 bridgehead atoms. The normalized spacial score (nSPS) is 24.7. The molecule has 1 spiro atoms. The number of carbonyl (C=O) groups is 1. The Balaban J connectivity index is 1.52. The van der Waals surface area contributed by atoms with Crippen LogP contribution in [0.4, 0.5) is 0 Å². The van der Waals surface area contributed by atoms with Crippen molar-refractivity contribution in [3.8, 4) is 11.4 Å². The van der Waals surface area contributed by atoms with Crippen LogP contribution in [-0.4, -0.2) is 40.5 Å². The minimum atomic E-state index is -0.190. The van der Waals surface area contributed by atoms with Crippen LogP contribution >= 0.6 is 0 Å². The van der Waals surface area contributed by atoms with E-state index >= 15 is 0 Å². The van der Waals surface area contributed by atoms with Gasteiger partial charge in [0.1, 0.15) is 0 Å². The highest BCUT2D eigenvalue weighted by Crippen LogP contribution is 2.42. The van der Waals surface area contributed by atoms with Gasteiger partial charge in [0.05, 0.1) is 24.3 Å². The molecular formula is C22H25N3O2. The van der Waals surface area contributed by atoms with Gasteiger partial charge in [-0.2, -0.15) is 0 Å². The van der Waals surface area contributed by atoms with Crippen LogP contribution in [0.1, 0.15) is 42.6 Å². The van der Waals surface area contributed by atoms with Crippen molar-refractivity contribution < 1.29 is 9.53 Å². The second kappa shape index (κ2) is 6.41. The van der Waals surface area contributed by atoms with E-state index in [1.165, 1.54) is 6.42 Å². The summed E-state index contributed by atoms with van der Waals surface area (Å²) >= 11 is 0. The highest BCUT2D eigenvalue weighted by atomic mass is 16.5. The molecule has 3 heterocycles. The lowest BCUT2D eigenvalue weighted by Gasteiger charge is -2.36. The molecule has 1 aliphatic carbocycles. The molecule has 2 aliphatic heterocycles. The zero-order chi connectivity index (χ0) is 18.4. The van der Waals surface area contributed by atoms with Crippen LogP contribution in [0.2, 0.25) is 0 Å². The SMILES string of the molecule is Cc1nc(-c2ccccc2)nc2c1COCC21CCN(C(=O)C2CCC2)C1. The van der Waals surface area contributed by atoms with Crippen LogP contribution in [0.25, 0.3) is 11.4 Å². The molecule has 1 aromatic heterocycles. The Morgan fingerprint density at radius 1 is 1.22 bits per heavy atom. The van der Waals surface area contributed by atoms with Gasteiger partial charge in [0.15, 0.2) is 5.82 Å². The zero-order valence-electron chi connectivity index (χ0n) is 15.8. The standard InChI is InChI=1S/C22H25N3O2/c1-15-18-12-27-14-22(10-11-25(13-22)21(26)17-8-5-9-17)19(18)24-20(23-15)16-6-3-2-4-7-16/h2-4,6-7,17H,5,8-14H2,1H3. The second-order valence-corrected chi connectivity index (χ2v) is 8.24. The summed E-state index contributed by atoms with van der Waals surface area (Å²) in [6.45, 7) is 4.77. The number of amides is 1. The Hall–Kier alpha value is -2.27. The number of nitrogens with zero attached hydrogens (tertiary/aromatic N) is 3. The Bertz CT molecular complexity index is 879. The van der Waals surface area contributed by atoms with Crippen LogP contribution in [0.5, 0.6) is 0 Å². The molecule has 1 unspecified atom stereocenters. The van der Waals surface area contributed by atoms with E-state index in [2.05, 4.69) is 4.90 Å². The second-order valence-electron chi connectivity index (χ2n) is 8.24. The molecule has 0 radical (unpaired) electrons. The lowest BCUT2D eigenvalue weighted by atomic mass is 9.79. The predicted molar refractivity (Wildman–Crippen MR) is 102 cm³/mol. The fourth-order valence-corrected chi connectivity index (χ4v) is 4.63. The third-order valence-electron chi connectivity index (χ3n) is 6.49. The number of aromatic nitrogens is 2. The molecule has 1 aromatic carbocycles. The van der Waals surface area contributed by atoms with Gasteiger partial charge in [-0.15, -0.1) is 0 Å². The van der Waals surface area contributed by atoms with Crippen molar-refractivity contribution >= 4 is 5.91 Å². The molecule has 5 nitrogen and oxygen atoms in total. The van der Waals surface area contributed by atoms with E-state index < -0.39 is 0 Å². The van der Waals surface area contributed by atoms with Crippen molar-refractivity contribution in [1.82, 2.24) is 14.9 Å². The van der Waals surface area contributed by atoms with E-state index in [1.807, 2.05) is 37.3 Å². The summed E-state index contributed by atoms with van der Waals surface area (Å²) < 4.78 is 5.97. The molecule has 0 N–H and O–H groups in total. The lowest BCUT2D eigenvalue weighted by Crippen LogP contribution is -2.44. The summed E-state index contributed by atoms with van der Waals surface area (Å²) in [6.07, 6.45) is 4.21. The predicted octanol–water partition coefficient (Wildman–Crippen LogP) is 3.25. The van der Waals surface area contributed by atoms with Crippen molar-refractivity contribution in [1.29, 1.82) is 0 Å². The molecule has 140 valence electrons. The van der Waals surface area contributed by atoms with Crippen LogP contribution in [-0.2, 0) is 21.6 Å². The maximum atomic E-state index is 12.8. The summed E-state index contributed by atoms with van der Waals surface area (Å²) in [6, 6.07) is 10.1. The van der Waals surface area contributed by atoms with Gasteiger partial charge in [-0.3, -0.25) is 4.79 Å². The van der Waals surface area contributed by atoms with Gasteiger partial charge in [0, 0.05) is 35.8 Å². The first-order valence-corrected chi connectivity index (χ1v) is 9.96. The fourth-order valence-electron chi connectivity index (χ4n) is 4.63. The van der Waals surface area contributed by atoms with Crippen molar-refractivity contribution in [2.24, 2.45) is 5.92 Å². The van der Waals surface area contributed by atoms with Crippen molar-refractivity contribution in [3.05, 3.63) is 47.3 Å². The van der Waals surface area contributed by atoms with Gasteiger partial charge in [-0.25, -0.2) is 9.97 Å². The smallest absolute Gasteiger partial charge is 0.225 e. The molecule has 5 rings (SSSR count). The zero-order valence-corrected chi connectivity index (χ0v) is 15.8. The van der Waals surface area contributed by atoms with Gasteiger partial charge >= 0.3 is 0 Å². The number of carbonyl (C=O) groups excluding carboxylic acids is 1. The van der Waals surface area contributed by atoms with E-state index in [1.54, 1.807) is 0 Å². The first-order chi connectivity index (χ1) is 13.2. The molecule has 3 aliphatic rings. The number of aryl methyl sites for hydroxylation is 1. The molecule has 27 heavy (non-hydrogen) atoms. The molecule has 1 saturated carbocycles. The molecule has 1 atom stereocenters. The van der Waals surface area contributed by atoms with Crippen molar-refractivity contribution in [2.75, 3.05) is 19.7 Å². The Kier molecular flexibility index (Phi) is 4.01. The highest BCUT2D eigenvalue weighted by molar-refractivity contribution is 5.80. The summed E-state index contributed by atoms with van der Waals surface area (Å²) in [5.41, 5.74) is 4.04. The minimum Gasteiger partial charge on any atom is -0.376 e. The van der Waals surface area contributed by atoms with Crippen LogP contribution in [0.15, 0.2) is 30.3 Å². The van der Waals surface area contributed by atoms with Crippen LogP contribution in [0, 0.1) is 12.8 Å². The Labute approximate surface area is 159 Å². The van der Waals surface area contributed by atoms with Gasteiger partial charge in [-0.1, -0.05) is 36.8 Å². The number of benzene rings is 1. The number of ether oxygens (including phenoxy) is 1. The molecule has 2 fully saturated rings. The molecule has 1 saturated heterocycles. The Morgan fingerprint density at radius 3 is 2.78 bits per heavy atom. The highest BCUT2D eigenvalue weighted by Gasteiger charge is 2.47. The number of rotatable bonds is 2. The molecule has 5 heteroatoms. The first-order valence-electron chi connectivity index (χ1n) is 9.96. The van der Waals surface area contributed by atoms with Crippen LogP contribution < -0.4 is 0 Å². The summed E-state index contributed by atoms with van der Waals surface area (Å²) in [5, 5.41) is 0. The van der Waals surface area contributed by atoms with E-state index in [-0.39, 0.29) is 11.3 Å². The van der Waals surface area contributed by atoms with Crippen molar-refractivity contribution in [2.45, 2.75) is 44.6 Å². The maximum Gasteiger partial charge on any atom is 0.225 e. The van der Waals surface area contributed by atoms with E-state index in [9.17, 15) is 4.79 Å². The van der Waals surface area contributed by atoms with Crippen molar-refractivity contribution in [3.63, 3.8) is 0 Å². The quantitative estimate of drug-likeness (QED) is 0.822. The molecule has 1 amide bonds. The topological polar surface area (TPSA) is 55.3 Å². The summed E-state index contributed by atoms with van der Waals surface area (Å²) in [7, 11) is 0. The molecule has 2 aromatic rings. The van der Waals surface area contributed by atoms with E-state index in [0.29, 0.717) is 19.1 Å². The third-order valence-corrected chi connectivity index (χ3v) is 6.49. The van der Waals surface area contributed by atoms with E-state index in [4.69, 9.17) is 14.7 Å². The third kappa shape index (κ3) is 2.76. The minimum absolute atomic E-state index is 0.190. The fraction of sp³-hybridized carbons (Fsp3) is 0.500. The summed E-state index contributed by atoms with van der Waals surface area (Å²) in [4.78, 5) is 24.6. The van der Waals surface area contributed by atoms with Gasteiger partial charge < -0.3 is 9.64 Å². The average Bonchev–Trinajstić information content (AvgIpc) is 3.07. The first kappa shape index (κ1) is 16.9. The van der Waals surface area contributed by atoms with E-state index in [0.717, 1.165) is 60.7 Å². The monoisotopic (exact) mass is 363 g/mol. The Morgan fingerprint density at radius 2 is 2.04 bits per heavy atom. The molecular weight excluding hydrogens is 338 g/mol. The van der Waals surface area contributed by atoms with Gasteiger partial charge in [0.25, 0.3) is 0 Å². The average molecular weight is 363 g/mol. The number of likely N-dealkylation sites (tertiary alicyclic amines) is 1. The number of fused-ring (bicyclic) bond motifs is 2.